The molecule has 1 aliphatic heterocycles. The minimum atomic E-state index is -3.10. The maximum atomic E-state index is 13.3. The van der Waals surface area contributed by atoms with Crippen molar-refractivity contribution in [3.8, 4) is 11.4 Å². The summed E-state index contributed by atoms with van der Waals surface area (Å²) in [4.78, 5) is 20.5. The predicted octanol–water partition coefficient (Wildman–Crippen LogP) is 2.53. The second-order valence-electron chi connectivity index (χ2n) is 7.16. The van der Waals surface area contributed by atoms with Crippen molar-refractivity contribution in [2.24, 2.45) is 0 Å². The van der Waals surface area contributed by atoms with E-state index in [1.807, 2.05) is 47.8 Å². The molecule has 0 radical (unpaired) electrons. The molecule has 1 aliphatic rings. The molecule has 4 rings (SSSR count). The molecule has 0 aliphatic carbocycles. The van der Waals surface area contributed by atoms with Crippen molar-refractivity contribution < 1.29 is 13.2 Å². The average Bonchev–Trinajstić information content (AvgIpc) is 3.41. The molecule has 1 saturated heterocycles. The predicted molar refractivity (Wildman–Crippen MR) is 112 cm³/mol. The van der Waals surface area contributed by atoms with E-state index in [-0.39, 0.29) is 30.0 Å². The third kappa shape index (κ3) is 4.56. The van der Waals surface area contributed by atoms with Crippen LogP contribution < -0.4 is 0 Å². The van der Waals surface area contributed by atoms with Crippen molar-refractivity contribution >= 4 is 27.1 Å². The molecule has 152 valence electrons. The Hall–Kier alpha value is -2.52. The summed E-state index contributed by atoms with van der Waals surface area (Å²) in [6.45, 7) is 2.22. The number of amides is 1. The van der Waals surface area contributed by atoms with Crippen LogP contribution in [0.15, 0.2) is 47.8 Å². The molecule has 1 fully saturated rings. The first-order chi connectivity index (χ1) is 13.9. The number of aryl methyl sites for hydroxylation is 1. The van der Waals surface area contributed by atoms with E-state index in [9.17, 15) is 13.2 Å². The van der Waals surface area contributed by atoms with Gasteiger partial charge in [0.05, 0.1) is 18.1 Å². The molecule has 1 unspecified atom stereocenters. The van der Waals surface area contributed by atoms with Gasteiger partial charge in [-0.15, -0.1) is 11.3 Å². The van der Waals surface area contributed by atoms with Gasteiger partial charge >= 0.3 is 0 Å². The fourth-order valence-electron chi connectivity index (χ4n) is 3.60. The first-order valence-corrected chi connectivity index (χ1v) is 12.1. The molecule has 9 heteroatoms. The molecular weight excluding hydrogens is 408 g/mol. The number of carbonyl (C=O) groups is 1. The highest BCUT2D eigenvalue weighted by atomic mass is 32.2. The Morgan fingerprint density at radius 1 is 1.24 bits per heavy atom. The second-order valence-corrected chi connectivity index (χ2v) is 10.4. The van der Waals surface area contributed by atoms with Crippen molar-refractivity contribution in [1.82, 2.24) is 19.7 Å². The maximum Gasteiger partial charge on any atom is 0.245 e. The van der Waals surface area contributed by atoms with Gasteiger partial charge in [-0.25, -0.2) is 18.1 Å². The van der Waals surface area contributed by atoms with Crippen LogP contribution in [0.25, 0.3) is 11.4 Å². The minimum absolute atomic E-state index is 0.0199. The van der Waals surface area contributed by atoms with Crippen LogP contribution in [0, 0.1) is 6.92 Å². The summed E-state index contributed by atoms with van der Waals surface area (Å²) >= 11 is 1.56. The molecule has 2 aromatic heterocycles. The van der Waals surface area contributed by atoms with Gasteiger partial charge < -0.3 is 4.90 Å². The summed E-state index contributed by atoms with van der Waals surface area (Å²) in [5, 5.41) is 6.36. The molecule has 1 atom stereocenters. The highest BCUT2D eigenvalue weighted by molar-refractivity contribution is 7.91. The van der Waals surface area contributed by atoms with Gasteiger partial charge in [0.1, 0.15) is 12.4 Å². The number of sulfone groups is 1. The summed E-state index contributed by atoms with van der Waals surface area (Å²) in [5.41, 5.74) is 0.883. The summed E-state index contributed by atoms with van der Waals surface area (Å²) in [7, 11) is -3.10. The summed E-state index contributed by atoms with van der Waals surface area (Å²) in [6, 6.07) is 13.2. The van der Waals surface area contributed by atoms with Crippen molar-refractivity contribution in [1.29, 1.82) is 0 Å². The Labute approximate surface area is 173 Å². The number of benzene rings is 1. The molecule has 0 spiro atoms. The zero-order valence-corrected chi connectivity index (χ0v) is 17.7. The van der Waals surface area contributed by atoms with Crippen molar-refractivity contribution in [2.75, 3.05) is 11.5 Å². The van der Waals surface area contributed by atoms with Gasteiger partial charge in [0.25, 0.3) is 0 Å². The molecular formula is C20H22N4O3S2. The lowest BCUT2D eigenvalue weighted by molar-refractivity contribution is -0.134. The lowest BCUT2D eigenvalue weighted by Gasteiger charge is -2.28. The lowest BCUT2D eigenvalue weighted by atomic mass is 10.2. The highest BCUT2D eigenvalue weighted by Crippen LogP contribution is 2.23. The topological polar surface area (TPSA) is 85.2 Å². The van der Waals surface area contributed by atoms with Crippen LogP contribution in [-0.2, 0) is 27.7 Å². The van der Waals surface area contributed by atoms with Gasteiger partial charge in [0, 0.05) is 16.5 Å². The van der Waals surface area contributed by atoms with Crippen LogP contribution in [0.2, 0.25) is 0 Å². The van der Waals surface area contributed by atoms with Gasteiger partial charge in [0.15, 0.2) is 15.7 Å². The Morgan fingerprint density at radius 3 is 2.69 bits per heavy atom. The third-order valence-electron chi connectivity index (χ3n) is 4.97. The first kappa shape index (κ1) is 19.8. The van der Waals surface area contributed by atoms with E-state index in [1.54, 1.807) is 27.8 Å². The molecule has 1 aromatic carbocycles. The monoisotopic (exact) mass is 430 g/mol. The highest BCUT2D eigenvalue weighted by Gasteiger charge is 2.35. The van der Waals surface area contributed by atoms with Crippen LogP contribution in [0.4, 0.5) is 0 Å². The van der Waals surface area contributed by atoms with Crippen molar-refractivity contribution in [2.45, 2.75) is 32.5 Å². The third-order valence-corrected chi connectivity index (χ3v) is 7.58. The number of hydrogen-bond acceptors (Lipinski definition) is 6. The molecule has 0 bridgehead atoms. The first-order valence-electron chi connectivity index (χ1n) is 9.40. The normalized spacial score (nSPS) is 18.0. The molecule has 3 heterocycles. The number of carbonyl (C=O) groups excluding carboxylic acids is 1. The zero-order chi connectivity index (χ0) is 20.4. The molecule has 7 nitrogen and oxygen atoms in total. The maximum absolute atomic E-state index is 13.3. The van der Waals surface area contributed by atoms with Gasteiger partial charge in [-0.05, 0) is 24.8 Å². The lowest BCUT2D eigenvalue weighted by Crippen LogP contribution is -2.42. The van der Waals surface area contributed by atoms with Crippen molar-refractivity contribution in [3.63, 3.8) is 0 Å². The van der Waals surface area contributed by atoms with Crippen LogP contribution in [0.1, 0.15) is 17.1 Å². The van der Waals surface area contributed by atoms with E-state index in [2.05, 4.69) is 10.1 Å². The molecule has 1 amide bonds. The molecule has 0 N–H and O–H groups in total. The van der Waals surface area contributed by atoms with E-state index in [0.717, 1.165) is 10.4 Å². The van der Waals surface area contributed by atoms with Crippen molar-refractivity contribution in [3.05, 3.63) is 58.5 Å². The van der Waals surface area contributed by atoms with Gasteiger partial charge in [-0.2, -0.15) is 5.10 Å². The summed E-state index contributed by atoms with van der Waals surface area (Å²) in [5.74, 6) is 1.22. The van der Waals surface area contributed by atoms with E-state index in [0.29, 0.717) is 24.6 Å². The zero-order valence-electron chi connectivity index (χ0n) is 16.1. The minimum Gasteiger partial charge on any atom is -0.332 e. The number of rotatable bonds is 6. The van der Waals surface area contributed by atoms with Gasteiger partial charge in [-0.1, -0.05) is 36.4 Å². The fraction of sp³-hybridized carbons (Fsp3) is 0.350. The standard InChI is InChI=1S/C20H22N4O3S2/c1-15-21-20(16-6-3-2-4-7-16)24(22-15)13-19(25)23(12-18-8-5-10-28-18)17-9-11-29(26,27)14-17/h2-8,10,17H,9,11-14H2,1H3. The largest absolute Gasteiger partial charge is 0.332 e. The van der Waals surface area contributed by atoms with Crippen LogP contribution >= 0.6 is 11.3 Å². The number of thiophene rings is 1. The Balaban J connectivity index is 1.60. The molecule has 29 heavy (non-hydrogen) atoms. The van der Waals surface area contributed by atoms with E-state index in [1.165, 1.54) is 0 Å². The quantitative estimate of drug-likeness (QED) is 0.600. The van der Waals surface area contributed by atoms with E-state index in [4.69, 9.17) is 0 Å². The van der Waals surface area contributed by atoms with E-state index >= 15 is 0 Å². The fourth-order valence-corrected chi connectivity index (χ4v) is 6.03. The van der Waals surface area contributed by atoms with Crippen LogP contribution in [0.5, 0.6) is 0 Å². The number of hydrogen-bond donors (Lipinski definition) is 0. The molecule has 3 aromatic rings. The van der Waals surface area contributed by atoms with Crippen LogP contribution in [0.3, 0.4) is 0 Å². The second kappa shape index (κ2) is 8.08. The Morgan fingerprint density at radius 2 is 2.03 bits per heavy atom. The smallest absolute Gasteiger partial charge is 0.245 e. The van der Waals surface area contributed by atoms with Gasteiger partial charge in [0.2, 0.25) is 5.91 Å². The SMILES string of the molecule is Cc1nc(-c2ccccc2)n(CC(=O)N(Cc2cccs2)C2CCS(=O)(=O)C2)n1. The Kier molecular flexibility index (Phi) is 5.51. The van der Waals surface area contributed by atoms with Crippen LogP contribution in [-0.4, -0.2) is 51.5 Å². The Bertz CT molecular complexity index is 1090. The van der Waals surface area contributed by atoms with Gasteiger partial charge in [-0.3, -0.25) is 4.79 Å². The molecule has 0 saturated carbocycles. The summed E-state index contributed by atoms with van der Waals surface area (Å²) in [6.07, 6.45) is 0.474. The summed E-state index contributed by atoms with van der Waals surface area (Å²) < 4.78 is 25.6. The van der Waals surface area contributed by atoms with E-state index < -0.39 is 9.84 Å². The number of aromatic nitrogens is 3. The number of nitrogens with zero attached hydrogens (tertiary/aromatic N) is 4. The average molecular weight is 431 g/mol.